The van der Waals surface area contributed by atoms with Crippen molar-refractivity contribution in [3.8, 4) is 5.75 Å². The van der Waals surface area contributed by atoms with Crippen molar-refractivity contribution < 1.29 is 48.8 Å². The van der Waals surface area contributed by atoms with Crippen molar-refractivity contribution in [1.29, 1.82) is 0 Å². The fourth-order valence-corrected chi connectivity index (χ4v) is 4.66. The number of methoxy groups -OCH3 is 1. The molecule has 0 unspecified atom stereocenters. The predicted octanol–water partition coefficient (Wildman–Crippen LogP) is 0.787. The molecule has 15 heteroatoms. The number of hydrogen-bond donors (Lipinski definition) is 6. The zero-order chi connectivity index (χ0) is 36.1. The zero-order valence-electron chi connectivity index (χ0n) is 28.3. The molecule has 15 nitrogen and oxygen atoms in total. The first-order valence-electron chi connectivity index (χ1n) is 15.1. The Morgan fingerprint density at radius 2 is 1.68 bits per heavy atom. The van der Waals surface area contributed by atoms with Gasteiger partial charge in [0, 0.05) is 56.4 Å². The van der Waals surface area contributed by atoms with E-state index in [1.54, 1.807) is 24.8 Å². The number of aliphatic hydroxyl groups excluding tert-OH is 1. The lowest BCUT2D eigenvalue weighted by molar-refractivity contribution is -0.134. The number of para-hydroxylation sites is 2. The molecule has 264 valence electrons. The molecule has 0 saturated carbocycles. The van der Waals surface area contributed by atoms with Crippen LogP contribution in [0.25, 0.3) is 0 Å². The number of anilines is 1. The molecule has 1 fully saturated rings. The van der Waals surface area contributed by atoms with Crippen molar-refractivity contribution in [3.63, 3.8) is 0 Å². The van der Waals surface area contributed by atoms with Gasteiger partial charge in [0.15, 0.2) is 6.79 Å². The lowest BCUT2D eigenvalue weighted by atomic mass is 9.86. The zero-order valence-corrected chi connectivity index (χ0v) is 28.3. The van der Waals surface area contributed by atoms with E-state index in [2.05, 4.69) is 5.32 Å². The number of carboxylic acid groups (broad SMARTS) is 2. The second-order valence-corrected chi connectivity index (χ2v) is 13.0. The van der Waals surface area contributed by atoms with Gasteiger partial charge in [-0.1, -0.05) is 26.0 Å². The Labute approximate surface area is 275 Å². The van der Waals surface area contributed by atoms with Gasteiger partial charge in [0.05, 0.1) is 23.8 Å². The summed E-state index contributed by atoms with van der Waals surface area (Å²) >= 11 is 0. The lowest BCUT2D eigenvalue weighted by Crippen LogP contribution is -2.64. The van der Waals surface area contributed by atoms with Gasteiger partial charge in [0.1, 0.15) is 5.75 Å². The van der Waals surface area contributed by atoms with Crippen LogP contribution in [-0.4, -0.2) is 108 Å². The number of piperazine rings is 1. The molecule has 1 aromatic carbocycles. The van der Waals surface area contributed by atoms with Gasteiger partial charge in [-0.3, -0.25) is 19.3 Å². The number of nitrogens with two attached hydrogens (primary N) is 2. The van der Waals surface area contributed by atoms with E-state index in [0.29, 0.717) is 30.1 Å². The summed E-state index contributed by atoms with van der Waals surface area (Å²) in [5, 5.41) is 29.4. The second kappa shape index (κ2) is 18.3. The molecule has 2 rings (SSSR count). The van der Waals surface area contributed by atoms with Crippen LogP contribution in [0.5, 0.6) is 5.75 Å². The van der Waals surface area contributed by atoms with E-state index in [0.717, 1.165) is 0 Å². The number of carboxylic acids is 2. The van der Waals surface area contributed by atoms with Crippen LogP contribution in [0.1, 0.15) is 48.0 Å². The molecule has 0 bridgehead atoms. The summed E-state index contributed by atoms with van der Waals surface area (Å²) in [6.45, 7) is 12.1. The lowest BCUT2D eigenvalue weighted by Gasteiger charge is -2.48. The van der Waals surface area contributed by atoms with Gasteiger partial charge in [-0.15, -0.1) is 0 Å². The quantitative estimate of drug-likeness (QED) is 0.106. The van der Waals surface area contributed by atoms with Gasteiger partial charge in [-0.25, -0.2) is 9.59 Å². The van der Waals surface area contributed by atoms with Gasteiger partial charge in [-0.05, 0) is 52.2 Å². The molecule has 1 aromatic rings. The maximum absolute atomic E-state index is 13.2. The fourth-order valence-electron chi connectivity index (χ4n) is 4.66. The van der Waals surface area contributed by atoms with E-state index in [1.165, 1.54) is 7.11 Å². The molecular weight excluding hydrogens is 614 g/mol. The number of nitrogens with one attached hydrogen (secondary N) is 1. The number of hydrogen-bond acceptors (Lipinski definition) is 10. The smallest absolute Gasteiger partial charge is 0.328 e. The molecule has 1 heterocycles. The number of benzene rings is 1. The van der Waals surface area contributed by atoms with Crippen molar-refractivity contribution in [2.75, 3.05) is 45.0 Å². The van der Waals surface area contributed by atoms with Crippen LogP contribution in [0.2, 0.25) is 0 Å². The minimum absolute atomic E-state index is 0.0644. The van der Waals surface area contributed by atoms with Crippen LogP contribution in [0.3, 0.4) is 0 Å². The number of amides is 3. The van der Waals surface area contributed by atoms with Crippen molar-refractivity contribution >= 4 is 35.3 Å². The first-order chi connectivity index (χ1) is 21.7. The highest BCUT2D eigenvalue weighted by Gasteiger charge is 2.41. The summed E-state index contributed by atoms with van der Waals surface area (Å²) < 4.78 is 10.7. The molecule has 47 heavy (non-hydrogen) atoms. The fraction of sp³-hybridized carbons (Fsp3) is 0.594. The third-order valence-corrected chi connectivity index (χ3v) is 7.82. The Morgan fingerprint density at radius 1 is 1.11 bits per heavy atom. The van der Waals surface area contributed by atoms with Crippen LogP contribution in [-0.2, 0) is 28.7 Å². The Bertz CT molecular complexity index is 1250. The van der Waals surface area contributed by atoms with Crippen molar-refractivity contribution in [2.24, 2.45) is 28.7 Å². The van der Waals surface area contributed by atoms with Crippen molar-refractivity contribution in [3.05, 3.63) is 36.4 Å². The number of carbonyl (C=O) groups is 5. The van der Waals surface area contributed by atoms with Crippen LogP contribution < -0.4 is 26.4 Å². The molecule has 3 amide bonds. The number of aliphatic carboxylic acids is 2. The topological polar surface area (TPSA) is 235 Å². The van der Waals surface area contributed by atoms with Crippen molar-refractivity contribution in [2.45, 2.75) is 65.6 Å². The summed E-state index contributed by atoms with van der Waals surface area (Å²) in [4.78, 5) is 60.5. The molecule has 8 N–H and O–H groups in total. The van der Waals surface area contributed by atoms with E-state index in [4.69, 9.17) is 31.2 Å². The summed E-state index contributed by atoms with van der Waals surface area (Å²) in [5.41, 5.74) is 11.2. The van der Waals surface area contributed by atoms with Gasteiger partial charge >= 0.3 is 11.9 Å². The molecular formula is C32H51N5O10. The Balaban J connectivity index is 0.00000122. The Kier molecular flexibility index (Phi) is 16.0. The predicted molar refractivity (Wildman–Crippen MR) is 174 cm³/mol. The maximum atomic E-state index is 13.2. The average molecular weight is 666 g/mol. The first-order valence-corrected chi connectivity index (χ1v) is 15.1. The minimum Gasteiger partial charge on any atom is -0.478 e. The van der Waals surface area contributed by atoms with E-state index in [9.17, 15) is 29.1 Å². The normalized spacial score (nSPS) is 17.0. The van der Waals surface area contributed by atoms with Crippen molar-refractivity contribution in [1.82, 2.24) is 10.2 Å². The van der Waals surface area contributed by atoms with E-state index in [-0.39, 0.29) is 50.6 Å². The SMILES string of the molecule is COCOc1ccccc1N1CC(C)(C)N(C[C@H](N)[C@@H](O)C[C@H](C(=O)NCC(C)(C)C(N)=O)C(C)C)CC1=O.O=C(O)/C=C/C(=O)O. The molecule has 1 saturated heterocycles. The number of ether oxygens (including phenoxy) is 2. The largest absolute Gasteiger partial charge is 0.478 e. The average Bonchev–Trinajstić information content (AvgIpc) is 2.98. The third-order valence-electron chi connectivity index (χ3n) is 7.82. The van der Waals surface area contributed by atoms with E-state index < -0.39 is 46.9 Å². The monoisotopic (exact) mass is 665 g/mol. The summed E-state index contributed by atoms with van der Waals surface area (Å²) in [6, 6.07) is 6.64. The molecule has 0 aliphatic carbocycles. The van der Waals surface area contributed by atoms with E-state index >= 15 is 0 Å². The molecule has 3 atom stereocenters. The Hall–Kier alpha value is -4.05. The Morgan fingerprint density at radius 3 is 2.19 bits per heavy atom. The number of aliphatic hydroxyl groups is 1. The number of primary amides is 1. The van der Waals surface area contributed by atoms with Crippen LogP contribution in [0.15, 0.2) is 36.4 Å². The number of rotatable bonds is 16. The van der Waals surface area contributed by atoms with Crippen LogP contribution >= 0.6 is 0 Å². The third kappa shape index (κ3) is 13.3. The van der Waals surface area contributed by atoms with Gasteiger partial charge < -0.3 is 46.5 Å². The molecule has 0 radical (unpaired) electrons. The highest BCUT2D eigenvalue weighted by molar-refractivity contribution is 5.97. The van der Waals surface area contributed by atoms with E-state index in [1.807, 2.05) is 50.8 Å². The molecule has 0 aromatic heterocycles. The highest BCUT2D eigenvalue weighted by atomic mass is 16.7. The standard InChI is InChI=1S/C28H47N5O6.C4H4O4/c1-18(2)19(25(36)31-15-27(3,4)26(30)37)12-22(34)20(29)13-32-14-24(35)33(16-28(32,5)6)21-10-8-9-11-23(21)39-17-38-7;5-3(6)1-2-4(7)8/h8-11,18-20,22,34H,12-17,29H2,1-7H3,(H2,30,37)(H,31,36);1-2H,(H,5,6)(H,7,8)/b;2-1+/t19-,20-,22-;/m0./s1. The van der Waals surface area contributed by atoms with Gasteiger partial charge in [-0.2, -0.15) is 0 Å². The van der Waals surface area contributed by atoms with Gasteiger partial charge in [0.25, 0.3) is 0 Å². The van der Waals surface area contributed by atoms with Crippen LogP contribution in [0, 0.1) is 17.3 Å². The number of carbonyl (C=O) groups excluding carboxylic acids is 3. The maximum Gasteiger partial charge on any atom is 0.328 e. The summed E-state index contributed by atoms with van der Waals surface area (Å²) in [7, 11) is 1.54. The summed E-state index contributed by atoms with van der Waals surface area (Å²) in [6.07, 6.45) is 0.296. The molecule has 1 aliphatic rings. The first kappa shape index (κ1) is 41.0. The second-order valence-electron chi connectivity index (χ2n) is 13.0. The molecule has 0 spiro atoms. The highest BCUT2D eigenvalue weighted by Crippen LogP contribution is 2.33. The van der Waals surface area contributed by atoms with Gasteiger partial charge in [0.2, 0.25) is 17.7 Å². The summed E-state index contributed by atoms with van der Waals surface area (Å²) in [5.74, 6) is -3.41. The minimum atomic E-state index is -1.26. The number of nitrogens with zero attached hydrogens (tertiary/aromatic N) is 2. The molecule has 1 aliphatic heterocycles. The van der Waals surface area contributed by atoms with Crippen LogP contribution in [0.4, 0.5) is 5.69 Å².